The third-order valence-electron chi connectivity index (χ3n) is 0.841. The van der Waals surface area contributed by atoms with Crippen molar-refractivity contribution in [1.29, 1.82) is 0 Å². The van der Waals surface area contributed by atoms with Crippen LogP contribution in [0.5, 0.6) is 0 Å². The molecule has 0 radical (unpaired) electrons. The second-order valence-corrected chi connectivity index (χ2v) is 1.77. The van der Waals surface area contributed by atoms with Gasteiger partial charge in [0.25, 0.3) is 0 Å². The van der Waals surface area contributed by atoms with Crippen LogP contribution in [-0.2, 0) is 4.79 Å². The van der Waals surface area contributed by atoms with Crippen LogP contribution < -0.4 is 11.5 Å². The molecule has 3 heteroatoms. The summed E-state index contributed by atoms with van der Waals surface area (Å²) in [5.74, 6) is -0.433. The van der Waals surface area contributed by atoms with E-state index in [0.717, 1.165) is 6.42 Å². The third kappa shape index (κ3) is 6.91. The minimum Gasteiger partial charge on any atom is -0.366 e. The largest absolute Gasteiger partial charge is 0.366 e. The summed E-state index contributed by atoms with van der Waals surface area (Å²) in [6.07, 6.45) is 7.34. The van der Waals surface area contributed by atoms with Crippen LogP contribution in [0, 0.1) is 0 Å². The lowest BCUT2D eigenvalue weighted by Crippen LogP contribution is -2.04. The van der Waals surface area contributed by atoms with E-state index in [-0.39, 0.29) is 0 Å². The first-order chi connectivity index (χ1) is 4.77. The van der Waals surface area contributed by atoms with Gasteiger partial charge in [-0.15, -0.1) is 0 Å². The van der Waals surface area contributed by atoms with Gasteiger partial charge in [0.15, 0.2) is 0 Å². The first-order valence-electron chi connectivity index (χ1n) is 3.10. The molecule has 0 aliphatic heterocycles. The molecular formula is C7H12N2O. The van der Waals surface area contributed by atoms with Gasteiger partial charge in [0.2, 0.25) is 5.91 Å². The van der Waals surface area contributed by atoms with Crippen molar-refractivity contribution in [3.8, 4) is 0 Å². The molecule has 0 saturated heterocycles. The van der Waals surface area contributed by atoms with Crippen molar-refractivity contribution in [2.24, 2.45) is 11.5 Å². The number of rotatable bonds is 4. The van der Waals surface area contributed by atoms with Crippen molar-refractivity contribution in [3.63, 3.8) is 0 Å². The molecule has 0 atom stereocenters. The van der Waals surface area contributed by atoms with Crippen molar-refractivity contribution >= 4 is 5.91 Å². The highest BCUT2D eigenvalue weighted by molar-refractivity contribution is 5.85. The average molecular weight is 140 g/mol. The molecule has 0 aromatic rings. The molecule has 0 aromatic carbocycles. The Morgan fingerprint density at radius 1 is 1.40 bits per heavy atom. The molecule has 56 valence electrons. The van der Waals surface area contributed by atoms with Gasteiger partial charge in [-0.2, -0.15) is 0 Å². The first-order valence-corrected chi connectivity index (χ1v) is 3.10. The highest BCUT2D eigenvalue weighted by Crippen LogP contribution is 1.80. The second-order valence-electron chi connectivity index (χ2n) is 1.77. The third-order valence-corrected chi connectivity index (χ3v) is 0.841. The lowest BCUT2D eigenvalue weighted by Gasteiger charge is -1.80. The second kappa shape index (κ2) is 6.04. The van der Waals surface area contributed by atoms with E-state index in [2.05, 4.69) is 0 Å². The molecule has 0 saturated carbocycles. The molecule has 4 N–H and O–H groups in total. The van der Waals surface area contributed by atoms with E-state index in [0.29, 0.717) is 6.54 Å². The maximum atomic E-state index is 10.1. The number of hydrogen-bond acceptors (Lipinski definition) is 2. The molecule has 1 amide bonds. The van der Waals surface area contributed by atoms with E-state index in [1.54, 1.807) is 12.2 Å². The Bertz CT molecular complexity index is 150. The summed E-state index contributed by atoms with van der Waals surface area (Å²) in [5.41, 5.74) is 10.0. The zero-order chi connectivity index (χ0) is 7.82. The van der Waals surface area contributed by atoms with Crippen LogP contribution in [0.25, 0.3) is 0 Å². The SMILES string of the molecule is NCCC=CC=CC(N)=O. The maximum Gasteiger partial charge on any atom is 0.241 e. The molecule has 3 nitrogen and oxygen atoms in total. The Balaban J connectivity index is 3.42. The van der Waals surface area contributed by atoms with Gasteiger partial charge in [-0.3, -0.25) is 4.79 Å². The number of nitrogens with two attached hydrogens (primary N) is 2. The van der Waals surface area contributed by atoms with Gasteiger partial charge in [0.05, 0.1) is 0 Å². The summed E-state index contributed by atoms with van der Waals surface area (Å²) in [6.45, 7) is 0.626. The number of allylic oxidation sites excluding steroid dienone is 2. The molecule has 10 heavy (non-hydrogen) atoms. The number of hydrogen-bond donors (Lipinski definition) is 2. The zero-order valence-electron chi connectivity index (χ0n) is 5.79. The summed E-state index contributed by atoms with van der Waals surface area (Å²) in [4.78, 5) is 10.1. The van der Waals surface area contributed by atoms with Crippen molar-refractivity contribution in [2.45, 2.75) is 6.42 Å². The summed E-state index contributed by atoms with van der Waals surface area (Å²) in [5, 5.41) is 0. The highest BCUT2D eigenvalue weighted by Gasteiger charge is 1.76. The summed E-state index contributed by atoms with van der Waals surface area (Å²) in [7, 11) is 0. The predicted octanol–water partition coefficient (Wildman–Crippen LogP) is -0.0671. The fourth-order valence-electron chi connectivity index (χ4n) is 0.421. The summed E-state index contributed by atoms with van der Waals surface area (Å²) < 4.78 is 0. The van der Waals surface area contributed by atoms with Gasteiger partial charge in [0.1, 0.15) is 0 Å². The molecular weight excluding hydrogens is 128 g/mol. The number of carbonyl (C=O) groups excluding carboxylic acids is 1. The van der Waals surface area contributed by atoms with E-state index in [1.165, 1.54) is 6.08 Å². The molecule has 0 rings (SSSR count). The van der Waals surface area contributed by atoms with Crippen LogP contribution in [0.3, 0.4) is 0 Å². The van der Waals surface area contributed by atoms with Gasteiger partial charge in [0, 0.05) is 6.08 Å². The smallest absolute Gasteiger partial charge is 0.241 e. The predicted molar refractivity (Wildman–Crippen MR) is 41.1 cm³/mol. The monoisotopic (exact) mass is 140 g/mol. The number of primary amides is 1. The minimum absolute atomic E-state index is 0.433. The van der Waals surface area contributed by atoms with Crippen molar-refractivity contribution in [3.05, 3.63) is 24.3 Å². The van der Waals surface area contributed by atoms with Crippen LogP contribution in [0.1, 0.15) is 6.42 Å². The van der Waals surface area contributed by atoms with Crippen LogP contribution in [0.15, 0.2) is 24.3 Å². The summed E-state index contributed by atoms with van der Waals surface area (Å²) in [6, 6.07) is 0. The average Bonchev–Trinajstić information content (AvgIpc) is 1.87. The maximum absolute atomic E-state index is 10.1. The van der Waals surface area contributed by atoms with Crippen LogP contribution >= 0.6 is 0 Å². The van der Waals surface area contributed by atoms with Gasteiger partial charge < -0.3 is 11.5 Å². The van der Waals surface area contributed by atoms with E-state index in [4.69, 9.17) is 11.5 Å². The lowest BCUT2D eigenvalue weighted by atomic mass is 10.3. The van der Waals surface area contributed by atoms with Gasteiger partial charge in [-0.25, -0.2) is 0 Å². The van der Waals surface area contributed by atoms with E-state index in [1.807, 2.05) is 6.08 Å². The first kappa shape index (κ1) is 8.91. The van der Waals surface area contributed by atoms with Gasteiger partial charge in [-0.05, 0) is 13.0 Å². The summed E-state index contributed by atoms with van der Waals surface area (Å²) >= 11 is 0. The molecule has 0 fully saturated rings. The van der Waals surface area contributed by atoms with Crippen molar-refractivity contribution in [2.75, 3.05) is 6.54 Å². The molecule has 0 unspecified atom stereocenters. The Kier molecular flexibility index (Phi) is 5.38. The van der Waals surface area contributed by atoms with E-state index >= 15 is 0 Å². The minimum atomic E-state index is -0.433. The molecule has 0 aliphatic rings. The van der Waals surface area contributed by atoms with Gasteiger partial charge >= 0.3 is 0 Å². The molecule has 0 spiro atoms. The Morgan fingerprint density at radius 3 is 2.60 bits per heavy atom. The Morgan fingerprint density at radius 2 is 2.10 bits per heavy atom. The quantitative estimate of drug-likeness (QED) is 0.424. The van der Waals surface area contributed by atoms with Gasteiger partial charge in [-0.1, -0.05) is 18.2 Å². The Labute approximate surface area is 60.4 Å². The van der Waals surface area contributed by atoms with E-state index < -0.39 is 5.91 Å². The Hall–Kier alpha value is -1.09. The number of amides is 1. The standard InChI is InChI=1S/C7H12N2O/c8-6-4-2-1-3-5-7(9)10/h1-3,5H,4,6,8H2,(H2,9,10). The van der Waals surface area contributed by atoms with Crippen LogP contribution in [0.2, 0.25) is 0 Å². The normalized spacial score (nSPS) is 11.3. The van der Waals surface area contributed by atoms with E-state index in [9.17, 15) is 4.79 Å². The van der Waals surface area contributed by atoms with Crippen LogP contribution in [-0.4, -0.2) is 12.5 Å². The van der Waals surface area contributed by atoms with Crippen molar-refractivity contribution < 1.29 is 4.79 Å². The fraction of sp³-hybridized carbons (Fsp3) is 0.286. The molecule has 0 aromatic heterocycles. The lowest BCUT2D eigenvalue weighted by molar-refractivity contribution is -0.113. The molecule has 0 heterocycles. The van der Waals surface area contributed by atoms with Crippen LogP contribution in [0.4, 0.5) is 0 Å². The molecule has 0 bridgehead atoms. The molecule has 0 aliphatic carbocycles. The number of carbonyl (C=O) groups is 1. The zero-order valence-corrected chi connectivity index (χ0v) is 5.79. The topological polar surface area (TPSA) is 69.1 Å². The van der Waals surface area contributed by atoms with Crippen molar-refractivity contribution in [1.82, 2.24) is 0 Å². The fourth-order valence-corrected chi connectivity index (χ4v) is 0.421. The highest BCUT2D eigenvalue weighted by atomic mass is 16.1.